The summed E-state index contributed by atoms with van der Waals surface area (Å²) in [5, 5.41) is 0. The molecule has 102 valence electrons. The number of alkyl halides is 2. The zero-order chi connectivity index (χ0) is 13.9. The molecule has 1 N–H and O–H groups in total. The fourth-order valence-electron chi connectivity index (χ4n) is 1.37. The van der Waals surface area contributed by atoms with Crippen molar-refractivity contribution in [2.45, 2.75) is 44.9 Å². The van der Waals surface area contributed by atoms with E-state index in [9.17, 15) is 13.3 Å². The lowest BCUT2D eigenvalue weighted by Crippen LogP contribution is -2.40. The standard InChI is InChI=1S/C13H19F2NOS/c1-9(16-18(17)13(2,3)4)10-6-5-7-11(8-10)12(14)15/h5-9,12,16H,1-4H3/t9-,18+/m1/s1. The van der Waals surface area contributed by atoms with Crippen LogP contribution in [-0.4, -0.2) is 9.30 Å². The summed E-state index contributed by atoms with van der Waals surface area (Å²) in [7, 11) is 0. The lowest BCUT2D eigenvalue weighted by molar-refractivity contribution is 0.151. The van der Waals surface area contributed by atoms with Gasteiger partial charge in [-0.15, -0.1) is 4.72 Å². The van der Waals surface area contributed by atoms with Crippen molar-refractivity contribution in [2.75, 3.05) is 0 Å². The summed E-state index contributed by atoms with van der Waals surface area (Å²) in [6.45, 7) is 7.39. The van der Waals surface area contributed by atoms with Gasteiger partial charge in [0.1, 0.15) is 4.75 Å². The Morgan fingerprint density at radius 2 is 1.78 bits per heavy atom. The predicted octanol–water partition coefficient (Wildman–Crippen LogP) is 3.74. The molecule has 0 aliphatic heterocycles. The molecule has 0 saturated heterocycles. The van der Waals surface area contributed by atoms with Crippen molar-refractivity contribution in [1.29, 1.82) is 0 Å². The minimum absolute atomic E-state index is 0.0114. The predicted molar refractivity (Wildman–Crippen MR) is 70.8 cm³/mol. The number of hydrogen-bond donors (Lipinski definition) is 1. The summed E-state index contributed by atoms with van der Waals surface area (Å²) in [6, 6.07) is 5.95. The monoisotopic (exact) mass is 275 g/mol. The first kappa shape index (κ1) is 15.4. The van der Waals surface area contributed by atoms with Gasteiger partial charge < -0.3 is 4.55 Å². The van der Waals surface area contributed by atoms with E-state index in [1.165, 1.54) is 12.1 Å². The average Bonchev–Trinajstić information content (AvgIpc) is 2.27. The van der Waals surface area contributed by atoms with E-state index in [0.717, 1.165) is 0 Å². The van der Waals surface area contributed by atoms with Crippen LogP contribution in [0.15, 0.2) is 24.3 Å². The molecule has 0 aliphatic rings. The van der Waals surface area contributed by atoms with Crippen molar-refractivity contribution in [3.63, 3.8) is 0 Å². The lowest BCUT2D eigenvalue weighted by atomic mass is 10.1. The van der Waals surface area contributed by atoms with Crippen LogP contribution in [-0.2, 0) is 11.4 Å². The summed E-state index contributed by atoms with van der Waals surface area (Å²) < 4.78 is 39.6. The second-order valence-electron chi connectivity index (χ2n) is 5.19. The minimum Gasteiger partial charge on any atom is -0.598 e. The van der Waals surface area contributed by atoms with Crippen LogP contribution < -0.4 is 4.72 Å². The molecule has 18 heavy (non-hydrogen) atoms. The van der Waals surface area contributed by atoms with E-state index in [1.54, 1.807) is 12.1 Å². The van der Waals surface area contributed by atoms with Crippen molar-refractivity contribution in [2.24, 2.45) is 0 Å². The minimum atomic E-state index is -2.48. The van der Waals surface area contributed by atoms with Gasteiger partial charge in [0.25, 0.3) is 6.43 Å². The largest absolute Gasteiger partial charge is 0.598 e. The van der Waals surface area contributed by atoms with Crippen LogP contribution in [0, 0.1) is 0 Å². The first-order chi connectivity index (χ1) is 8.21. The number of hydrogen-bond acceptors (Lipinski definition) is 2. The number of benzene rings is 1. The van der Waals surface area contributed by atoms with E-state index in [1.807, 2.05) is 27.7 Å². The van der Waals surface area contributed by atoms with E-state index >= 15 is 0 Å². The van der Waals surface area contributed by atoms with Gasteiger partial charge in [-0.2, -0.15) is 0 Å². The van der Waals surface area contributed by atoms with E-state index < -0.39 is 17.8 Å². The lowest BCUT2D eigenvalue weighted by Gasteiger charge is -2.26. The van der Waals surface area contributed by atoms with Gasteiger partial charge in [-0.1, -0.05) is 18.2 Å². The Kier molecular flexibility index (Phi) is 5.13. The average molecular weight is 275 g/mol. The molecule has 2 atom stereocenters. The fourth-order valence-corrected chi connectivity index (χ4v) is 2.18. The Balaban J connectivity index is 2.78. The Morgan fingerprint density at radius 1 is 1.22 bits per heavy atom. The number of rotatable bonds is 4. The highest BCUT2D eigenvalue weighted by molar-refractivity contribution is 7.90. The van der Waals surface area contributed by atoms with Gasteiger partial charge >= 0.3 is 0 Å². The summed E-state index contributed by atoms with van der Waals surface area (Å²) in [5.41, 5.74) is 0.702. The molecule has 0 amide bonds. The van der Waals surface area contributed by atoms with Crippen molar-refractivity contribution in [3.8, 4) is 0 Å². The molecular weight excluding hydrogens is 256 g/mol. The highest BCUT2D eigenvalue weighted by Gasteiger charge is 2.28. The molecule has 1 aromatic rings. The van der Waals surface area contributed by atoms with Crippen molar-refractivity contribution >= 4 is 11.4 Å². The Bertz CT molecular complexity index is 393. The zero-order valence-corrected chi connectivity index (χ0v) is 11.9. The summed E-state index contributed by atoms with van der Waals surface area (Å²) in [6.07, 6.45) is -2.48. The van der Waals surface area contributed by atoms with Crippen molar-refractivity contribution in [1.82, 2.24) is 4.72 Å². The molecular formula is C13H19F2NOS. The third kappa shape index (κ3) is 4.23. The summed E-state index contributed by atoms with van der Waals surface area (Å²) in [5.74, 6) is 0. The molecule has 5 heteroatoms. The number of halogens is 2. The molecule has 2 nitrogen and oxygen atoms in total. The Morgan fingerprint density at radius 3 is 2.28 bits per heavy atom. The second kappa shape index (κ2) is 5.99. The molecule has 0 saturated carbocycles. The molecule has 0 aliphatic carbocycles. The van der Waals surface area contributed by atoms with Crippen LogP contribution in [0.3, 0.4) is 0 Å². The molecule has 0 unspecified atom stereocenters. The SMILES string of the molecule is C[C@@H](N[S@@+]([O-])C(C)(C)C)c1cccc(C(F)F)c1. The van der Waals surface area contributed by atoms with E-state index in [-0.39, 0.29) is 16.4 Å². The Hall–Kier alpha value is -0.650. The smallest absolute Gasteiger partial charge is 0.263 e. The molecule has 0 radical (unpaired) electrons. The second-order valence-corrected chi connectivity index (χ2v) is 7.19. The van der Waals surface area contributed by atoms with Gasteiger partial charge in [-0.25, -0.2) is 8.78 Å². The molecule has 0 bridgehead atoms. The van der Waals surface area contributed by atoms with Gasteiger partial charge in [-0.05, 0) is 39.3 Å². The van der Waals surface area contributed by atoms with Crippen molar-refractivity contribution in [3.05, 3.63) is 35.4 Å². The third-order valence-corrected chi connectivity index (χ3v) is 4.18. The maximum absolute atomic E-state index is 12.6. The van der Waals surface area contributed by atoms with Crippen LogP contribution in [0.2, 0.25) is 0 Å². The first-order valence-corrected chi connectivity index (χ1v) is 6.93. The zero-order valence-electron chi connectivity index (χ0n) is 11.0. The van der Waals surface area contributed by atoms with Gasteiger partial charge in [0.05, 0.1) is 6.04 Å². The quantitative estimate of drug-likeness (QED) is 0.850. The van der Waals surface area contributed by atoms with Crippen LogP contribution in [0.5, 0.6) is 0 Å². The van der Waals surface area contributed by atoms with Crippen LogP contribution in [0.1, 0.15) is 51.3 Å². The van der Waals surface area contributed by atoms with E-state index in [2.05, 4.69) is 4.72 Å². The number of nitrogens with one attached hydrogen (secondary N) is 1. The summed E-state index contributed by atoms with van der Waals surface area (Å²) in [4.78, 5) is 0. The van der Waals surface area contributed by atoms with Crippen molar-refractivity contribution < 1.29 is 13.3 Å². The van der Waals surface area contributed by atoms with Crippen LogP contribution in [0.4, 0.5) is 8.78 Å². The van der Waals surface area contributed by atoms with Gasteiger partial charge in [-0.3, -0.25) is 0 Å². The van der Waals surface area contributed by atoms with E-state index in [4.69, 9.17) is 0 Å². The maximum Gasteiger partial charge on any atom is 0.263 e. The summed E-state index contributed by atoms with van der Waals surface area (Å²) >= 11 is -1.22. The molecule has 0 fully saturated rings. The Labute approximate surface area is 110 Å². The highest BCUT2D eigenvalue weighted by Crippen LogP contribution is 2.24. The molecule has 0 aromatic heterocycles. The van der Waals surface area contributed by atoms with Gasteiger partial charge in [0.15, 0.2) is 0 Å². The topological polar surface area (TPSA) is 35.1 Å². The normalized spacial score (nSPS) is 15.8. The van der Waals surface area contributed by atoms with E-state index in [0.29, 0.717) is 5.56 Å². The van der Waals surface area contributed by atoms with Gasteiger partial charge in [0, 0.05) is 16.9 Å². The van der Waals surface area contributed by atoms with Crippen LogP contribution in [0.25, 0.3) is 0 Å². The maximum atomic E-state index is 12.6. The molecule has 0 spiro atoms. The molecule has 1 rings (SSSR count). The molecule has 0 heterocycles. The third-order valence-electron chi connectivity index (χ3n) is 2.50. The first-order valence-electron chi connectivity index (χ1n) is 5.78. The fraction of sp³-hybridized carbons (Fsp3) is 0.538. The molecule has 1 aromatic carbocycles. The van der Waals surface area contributed by atoms with Gasteiger partial charge in [0.2, 0.25) is 0 Å². The van der Waals surface area contributed by atoms with Crippen LogP contribution >= 0.6 is 0 Å². The highest BCUT2D eigenvalue weighted by atomic mass is 32.2.